The van der Waals surface area contributed by atoms with Crippen LogP contribution in [-0.2, 0) is 11.2 Å². The zero-order chi connectivity index (χ0) is 21.9. The predicted octanol–water partition coefficient (Wildman–Crippen LogP) is 5.45. The second-order valence-corrected chi connectivity index (χ2v) is 8.56. The van der Waals surface area contributed by atoms with Crippen LogP contribution in [0.4, 0.5) is 0 Å². The predicted molar refractivity (Wildman–Crippen MR) is 121 cm³/mol. The van der Waals surface area contributed by atoms with E-state index < -0.39 is 0 Å². The van der Waals surface area contributed by atoms with Crippen molar-refractivity contribution in [2.75, 3.05) is 19.8 Å². The maximum absolute atomic E-state index is 13.0. The summed E-state index contributed by atoms with van der Waals surface area (Å²) in [5.41, 5.74) is 2.01. The molecule has 1 amide bonds. The zero-order valence-electron chi connectivity index (χ0n) is 17.8. The Bertz CT molecular complexity index is 1100. The summed E-state index contributed by atoms with van der Waals surface area (Å²) in [4.78, 5) is 19.4. The molecule has 5 rings (SSSR count). The Morgan fingerprint density at radius 2 is 1.88 bits per heavy atom. The number of aromatic nitrogens is 1. The molecule has 3 aromatic rings. The largest absolute Gasteiger partial charge is 0.490 e. The Morgan fingerprint density at radius 1 is 1.06 bits per heavy atom. The molecule has 1 saturated heterocycles. The molecule has 1 fully saturated rings. The number of ether oxygens (including phenoxy) is 2. The van der Waals surface area contributed by atoms with Crippen molar-refractivity contribution in [1.82, 2.24) is 9.88 Å². The van der Waals surface area contributed by atoms with Crippen molar-refractivity contribution in [2.45, 2.75) is 38.1 Å². The smallest absolute Gasteiger partial charge is 0.223 e. The van der Waals surface area contributed by atoms with Gasteiger partial charge in [0.05, 0.1) is 25.5 Å². The Labute approximate surface area is 192 Å². The van der Waals surface area contributed by atoms with E-state index in [9.17, 15) is 4.79 Å². The maximum atomic E-state index is 13.0. The SMILES string of the molecule is O=C(CCc1ncc(-c2ccc(Cl)cc2)o1)N1CCC[C@H]1c1ccc2c(c1)OCCCO2. The first-order valence-corrected chi connectivity index (χ1v) is 11.4. The van der Waals surface area contributed by atoms with Crippen molar-refractivity contribution in [1.29, 1.82) is 0 Å². The molecule has 6 nitrogen and oxygen atoms in total. The van der Waals surface area contributed by atoms with Crippen LogP contribution in [0.1, 0.15) is 43.2 Å². The van der Waals surface area contributed by atoms with E-state index >= 15 is 0 Å². The second kappa shape index (κ2) is 9.25. The summed E-state index contributed by atoms with van der Waals surface area (Å²) in [6.07, 6.45) is 5.34. The molecular weight excluding hydrogens is 428 g/mol. The van der Waals surface area contributed by atoms with Crippen LogP contribution in [0.15, 0.2) is 53.1 Å². The molecule has 3 heterocycles. The van der Waals surface area contributed by atoms with Gasteiger partial charge >= 0.3 is 0 Å². The van der Waals surface area contributed by atoms with Gasteiger partial charge in [-0.3, -0.25) is 4.79 Å². The topological polar surface area (TPSA) is 64.8 Å². The van der Waals surface area contributed by atoms with Gasteiger partial charge in [-0.2, -0.15) is 0 Å². The molecule has 2 aliphatic rings. The van der Waals surface area contributed by atoms with E-state index in [0.29, 0.717) is 42.7 Å². The van der Waals surface area contributed by atoms with E-state index in [0.717, 1.165) is 48.4 Å². The van der Waals surface area contributed by atoms with E-state index in [1.54, 1.807) is 6.20 Å². The molecule has 1 atom stereocenters. The number of halogens is 1. The van der Waals surface area contributed by atoms with Gasteiger partial charge in [-0.25, -0.2) is 4.98 Å². The highest BCUT2D eigenvalue weighted by Gasteiger charge is 2.30. The van der Waals surface area contributed by atoms with Crippen LogP contribution >= 0.6 is 11.6 Å². The third-order valence-corrected chi connectivity index (χ3v) is 6.22. The van der Waals surface area contributed by atoms with Gasteiger partial charge in [0.2, 0.25) is 5.91 Å². The number of hydrogen-bond acceptors (Lipinski definition) is 5. The normalized spacial score (nSPS) is 17.9. The van der Waals surface area contributed by atoms with Gasteiger partial charge in [-0.15, -0.1) is 0 Å². The third kappa shape index (κ3) is 4.46. The first-order valence-electron chi connectivity index (χ1n) is 11.1. The number of oxazole rings is 1. The van der Waals surface area contributed by atoms with Crippen molar-refractivity contribution in [3.63, 3.8) is 0 Å². The molecule has 2 aliphatic heterocycles. The lowest BCUT2D eigenvalue weighted by molar-refractivity contribution is -0.132. The van der Waals surface area contributed by atoms with Gasteiger partial charge in [0, 0.05) is 36.4 Å². The Balaban J connectivity index is 1.24. The summed E-state index contributed by atoms with van der Waals surface area (Å²) in [5, 5.41) is 0.674. The molecule has 2 aromatic carbocycles. The van der Waals surface area contributed by atoms with Crippen LogP contribution in [-0.4, -0.2) is 35.5 Å². The fourth-order valence-corrected chi connectivity index (χ4v) is 4.46. The number of amides is 1. The molecular formula is C25H25ClN2O4. The van der Waals surface area contributed by atoms with E-state index in [4.69, 9.17) is 25.5 Å². The molecule has 7 heteroatoms. The molecule has 0 aliphatic carbocycles. The van der Waals surface area contributed by atoms with Crippen molar-refractivity contribution >= 4 is 17.5 Å². The van der Waals surface area contributed by atoms with Gasteiger partial charge in [0.25, 0.3) is 0 Å². The van der Waals surface area contributed by atoms with Crippen molar-refractivity contribution in [3.05, 3.63) is 65.1 Å². The molecule has 1 aromatic heterocycles. The standard InChI is InChI=1S/C25H25ClN2O4/c26-19-7-4-17(5-8-19)23-16-27-24(32-23)10-11-25(29)28-12-1-3-20(28)18-6-9-21-22(15-18)31-14-2-13-30-21/h4-9,15-16,20H,1-3,10-14H2/t20-/m0/s1. The average Bonchev–Trinajstić information content (AvgIpc) is 3.43. The number of benzene rings is 2. The van der Waals surface area contributed by atoms with Gasteiger partial charge in [0.15, 0.2) is 23.1 Å². The van der Waals surface area contributed by atoms with Crippen LogP contribution in [0.2, 0.25) is 5.02 Å². The van der Waals surface area contributed by atoms with E-state index in [-0.39, 0.29) is 11.9 Å². The monoisotopic (exact) mass is 452 g/mol. The van der Waals surface area contributed by atoms with Crippen LogP contribution in [0.5, 0.6) is 11.5 Å². The van der Waals surface area contributed by atoms with Crippen LogP contribution in [0.3, 0.4) is 0 Å². The first kappa shape index (κ1) is 20.9. The molecule has 0 bridgehead atoms. The molecule has 0 unspecified atom stereocenters. The number of aryl methyl sites for hydroxylation is 1. The lowest BCUT2D eigenvalue weighted by Crippen LogP contribution is -2.30. The van der Waals surface area contributed by atoms with E-state index in [1.165, 1.54) is 0 Å². The molecule has 0 radical (unpaired) electrons. The zero-order valence-corrected chi connectivity index (χ0v) is 18.5. The number of carbonyl (C=O) groups is 1. The summed E-state index contributed by atoms with van der Waals surface area (Å²) in [5.74, 6) is 2.91. The Morgan fingerprint density at radius 3 is 2.72 bits per heavy atom. The van der Waals surface area contributed by atoms with Crippen molar-refractivity contribution < 1.29 is 18.7 Å². The fraction of sp³-hybridized carbons (Fsp3) is 0.360. The summed E-state index contributed by atoms with van der Waals surface area (Å²) in [6, 6.07) is 13.5. The van der Waals surface area contributed by atoms with Crippen LogP contribution < -0.4 is 9.47 Å². The van der Waals surface area contributed by atoms with Gasteiger partial charge in [-0.1, -0.05) is 17.7 Å². The van der Waals surface area contributed by atoms with E-state index in [1.807, 2.05) is 41.3 Å². The van der Waals surface area contributed by atoms with Crippen molar-refractivity contribution in [3.8, 4) is 22.8 Å². The summed E-state index contributed by atoms with van der Waals surface area (Å²) in [6.45, 7) is 2.08. The third-order valence-electron chi connectivity index (χ3n) is 5.96. The average molecular weight is 453 g/mol. The number of nitrogens with zero attached hydrogens (tertiary/aromatic N) is 2. The van der Waals surface area contributed by atoms with Crippen molar-refractivity contribution in [2.24, 2.45) is 0 Å². The lowest BCUT2D eigenvalue weighted by Gasteiger charge is -2.25. The van der Waals surface area contributed by atoms with Gasteiger partial charge in [0.1, 0.15) is 0 Å². The molecule has 0 spiro atoms. The van der Waals surface area contributed by atoms with Gasteiger partial charge in [-0.05, 0) is 54.8 Å². The quantitative estimate of drug-likeness (QED) is 0.514. The number of likely N-dealkylation sites (tertiary alicyclic amines) is 1. The molecule has 0 saturated carbocycles. The molecule has 166 valence electrons. The highest BCUT2D eigenvalue weighted by atomic mass is 35.5. The summed E-state index contributed by atoms with van der Waals surface area (Å²) < 4.78 is 17.4. The Kier molecular flexibility index (Phi) is 6.04. The minimum Gasteiger partial charge on any atom is -0.490 e. The Hall–Kier alpha value is -2.99. The number of fused-ring (bicyclic) bond motifs is 1. The fourth-order valence-electron chi connectivity index (χ4n) is 4.33. The van der Waals surface area contributed by atoms with Gasteiger partial charge < -0.3 is 18.8 Å². The second-order valence-electron chi connectivity index (χ2n) is 8.13. The van der Waals surface area contributed by atoms with Crippen LogP contribution in [0, 0.1) is 0 Å². The first-order chi connectivity index (χ1) is 15.7. The minimum atomic E-state index is 0.0637. The summed E-state index contributed by atoms with van der Waals surface area (Å²) >= 11 is 5.95. The number of hydrogen-bond donors (Lipinski definition) is 0. The van der Waals surface area contributed by atoms with E-state index in [2.05, 4.69) is 11.1 Å². The maximum Gasteiger partial charge on any atom is 0.223 e. The number of rotatable bonds is 5. The lowest BCUT2D eigenvalue weighted by atomic mass is 10.0. The number of carbonyl (C=O) groups excluding carboxylic acids is 1. The van der Waals surface area contributed by atoms with Crippen LogP contribution in [0.25, 0.3) is 11.3 Å². The highest BCUT2D eigenvalue weighted by Crippen LogP contribution is 2.38. The molecule has 0 N–H and O–H groups in total. The highest BCUT2D eigenvalue weighted by molar-refractivity contribution is 6.30. The minimum absolute atomic E-state index is 0.0637. The molecule has 32 heavy (non-hydrogen) atoms. The summed E-state index contributed by atoms with van der Waals surface area (Å²) in [7, 11) is 0.